The van der Waals surface area contributed by atoms with Gasteiger partial charge < -0.3 is 9.64 Å². The Balaban J connectivity index is 1.45. The molecule has 24 heavy (non-hydrogen) atoms. The molecule has 5 nitrogen and oxygen atoms in total. The van der Waals surface area contributed by atoms with Gasteiger partial charge in [0.05, 0.1) is 37.1 Å². The van der Waals surface area contributed by atoms with Crippen molar-refractivity contribution in [1.29, 1.82) is 0 Å². The molecule has 1 aliphatic heterocycles. The van der Waals surface area contributed by atoms with Crippen LogP contribution >= 0.6 is 0 Å². The first-order chi connectivity index (χ1) is 11.8. The lowest BCUT2D eigenvalue weighted by atomic mass is 9.90. The minimum atomic E-state index is 0.197. The molecule has 2 aliphatic rings. The van der Waals surface area contributed by atoms with Gasteiger partial charge in [-0.2, -0.15) is 5.10 Å². The maximum Gasteiger partial charge on any atom is 0.227 e. The number of hydrogen-bond acceptors (Lipinski definition) is 3. The summed E-state index contributed by atoms with van der Waals surface area (Å²) in [5.41, 5.74) is 1.97. The number of hydrogen-bond donors (Lipinski definition) is 0. The van der Waals surface area contributed by atoms with Gasteiger partial charge in [0.1, 0.15) is 0 Å². The van der Waals surface area contributed by atoms with E-state index >= 15 is 0 Å². The number of rotatable bonds is 3. The van der Waals surface area contributed by atoms with Gasteiger partial charge in [-0.05, 0) is 30.5 Å². The van der Waals surface area contributed by atoms with Gasteiger partial charge in [-0.3, -0.25) is 4.79 Å². The Morgan fingerprint density at radius 3 is 2.92 bits per heavy atom. The molecule has 1 saturated carbocycles. The lowest BCUT2D eigenvalue weighted by Crippen LogP contribution is -2.55. The Kier molecular flexibility index (Phi) is 4.34. The molecule has 2 heterocycles. The van der Waals surface area contributed by atoms with Crippen molar-refractivity contribution in [2.45, 2.75) is 44.2 Å². The fourth-order valence-electron chi connectivity index (χ4n) is 3.86. The Bertz CT molecular complexity index is 696. The molecule has 0 bridgehead atoms. The molecule has 1 saturated heterocycles. The number of ether oxygens (including phenoxy) is 1. The molecular formula is C19H23N3O2. The summed E-state index contributed by atoms with van der Waals surface area (Å²) in [5.74, 6) is 0.197. The van der Waals surface area contributed by atoms with Crippen LogP contribution in [0.15, 0.2) is 42.7 Å². The summed E-state index contributed by atoms with van der Waals surface area (Å²) < 4.78 is 7.69. The van der Waals surface area contributed by atoms with E-state index in [4.69, 9.17) is 4.74 Å². The predicted octanol–water partition coefficient (Wildman–Crippen LogP) is 2.58. The lowest BCUT2D eigenvalue weighted by Gasteiger charge is -2.43. The molecule has 2 aromatic rings. The summed E-state index contributed by atoms with van der Waals surface area (Å²) in [7, 11) is 0. The molecule has 126 valence electrons. The number of morpholine rings is 1. The second-order valence-electron chi connectivity index (χ2n) is 6.65. The first-order valence-corrected chi connectivity index (χ1v) is 8.81. The largest absolute Gasteiger partial charge is 0.374 e. The second kappa shape index (κ2) is 6.77. The van der Waals surface area contributed by atoms with Crippen LogP contribution in [-0.2, 0) is 16.0 Å². The van der Waals surface area contributed by atoms with Crippen molar-refractivity contribution in [3.8, 4) is 5.69 Å². The number of para-hydroxylation sites is 1. The van der Waals surface area contributed by atoms with Gasteiger partial charge in [-0.25, -0.2) is 4.68 Å². The van der Waals surface area contributed by atoms with Gasteiger partial charge in [-0.15, -0.1) is 0 Å². The van der Waals surface area contributed by atoms with E-state index in [1.807, 2.05) is 46.1 Å². The van der Waals surface area contributed by atoms with Crippen molar-refractivity contribution < 1.29 is 9.53 Å². The number of carbonyl (C=O) groups is 1. The second-order valence-corrected chi connectivity index (χ2v) is 6.65. The highest BCUT2D eigenvalue weighted by Crippen LogP contribution is 2.28. The van der Waals surface area contributed by atoms with Crippen molar-refractivity contribution in [2.75, 3.05) is 13.2 Å². The van der Waals surface area contributed by atoms with Gasteiger partial charge >= 0.3 is 0 Å². The van der Waals surface area contributed by atoms with Crippen molar-refractivity contribution in [3.63, 3.8) is 0 Å². The summed E-state index contributed by atoms with van der Waals surface area (Å²) in [6.07, 6.45) is 8.96. The van der Waals surface area contributed by atoms with Crippen LogP contribution in [0.5, 0.6) is 0 Å². The molecule has 1 aromatic heterocycles. The van der Waals surface area contributed by atoms with Crippen LogP contribution in [0.1, 0.15) is 31.2 Å². The molecular weight excluding hydrogens is 302 g/mol. The number of carbonyl (C=O) groups excluding carboxylic acids is 1. The molecule has 0 unspecified atom stereocenters. The number of amides is 1. The minimum absolute atomic E-state index is 0.197. The average molecular weight is 325 g/mol. The van der Waals surface area contributed by atoms with E-state index in [1.165, 1.54) is 12.8 Å². The topological polar surface area (TPSA) is 47.4 Å². The molecule has 1 amide bonds. The van der Waals surface area contributed by atoms with Gasteiger partial charge in [0.15, 0.2) is 0 Å². The first-order valence-electron chi connectivity index (χ1n) is 8.81. The van der Waals surface area contributed by atoms with Gasteiger partial charge in [0, 0.05) is 12.7 Å². The molecule has 2 atom stereocenters. The van der Waals surface area contributed by atoms with Crippen LogP contribution in [0, 0.1) is 0 Å². The highest BCUT2D eigenvalue weighted by Gasteiger charge is 2.36. The quantitative estimate of drug-likeness (QED) is 0.871. The summed E-state index contributed by atoms with van der Waals surface area (Å²) >= 11 is 0. The zero-order valence-corrected chi connectivity index (χ0v) is 13.8. The van der Waals surface area contributed by atoms with Crippen molar-refractivity contribution in [2.24, 2.45) is 0 Å². The third kappa shape index (κ3) is 3.08. The van der Waals surface area contributed by atoms with E-state index in [9.17, 15) is 4.79 Å². The van der Waals surface area contributed by atoms with E-state index in [1.54, 1.807) is 6.20 Å². The lowest BCUT2D eigenvalue weighted by molar-refractivity contribution is -0.148. The van der Waals surface area contributed by atoms with Crippen molar-refractivity contribution in [1.82, 2.24) is 14.7 Å². The molecule has 0 spiro atoms. The smallest absolute Gasteiger partial charge is 0.227 e. The molecule has 2 fully saturated rings. The average Bonchev–Trinajstić information content (AvgIpc) is 3.10. The van der Waals surface area contributed by atoms with Gasteiger partial charge in [0.25, 0.3) is 0 Å². The number of benzene rings is 1. The summed E-state index contributed by atoms with van der Waals surface area (Å²) in [5, 5.41) is 4.39. The standard InChI is InChI=1S/C19H23N3O2/c23-19(21-10-11-24-18-9-5-4-8-17(18)21)12-15-13-20-22(14-15)16-6-2-1-3-7-16/h1-3,6-7,13-14,17-18H,4-5,8-12H2/t17-,18-/m0/s1. The number of nitrogens with zero attached hydrogens (tertiary/aromatic N) is 3. The van der Waals surface area contributed by atoms with Crippen LogP contribution in [0.4, 0.5) is 0 Å². The Morgan fingerprint density at radius 2 is 2.04 bits per heavy atom. The zero-order chi connectivity index (χ0) is 16.4. The maximum absolute atomic E-state index is 12.8. The van der Waals surface area contributed by atoms with Crippen LogP contribution in [0.3, 0.4) is 0 Å². The monoisotopic (exact) mass is 325 g/mol. The fraction of sp³-hybridized carbons (Fsp3) is 0.474. The highest BCUT2D eigenvalue weighted by molar-refractivity contribution is 5.79. The third-order valence-corrected chi connectivity index (χ3v) is 5.06. The molecule has 0 N–H and O–H groups in total. The van der Waals surface area contributed by atoms with E-state index in [2.05, 4.69) is 5.10 Å². The third-order valence-electron chi connectivity index (χ3n) is 5.06. The molecule has 1 aliphatic carbocycles. The zero-order valence-electron chi connectivity index (χ0n) is 13.8. The SMILES string of the molecule is O=C(Cc1cnn(-c2ccccc2)c1)N1CCO[C@H]2CCCC[C@@H]21. The first kappa shape index (κ1) is 15.4. The van der Waals surface area contributed by atoms with Crippen molar-refractivity contribution in [3.05, 3.63) is 48.3 Å². The van der Waals surface area contributed by atoms with Crippen LogP contribution in [0.25, 0.3) is 5.69 Å². The van der Waals surface area contributed by atoms with E-state index in [-0.39, 0.29) is 18.1 Å². The Hall–Kier alpha value is -2.14. The van der Waals surface area contributed by atoms with Crippen molar-refractivity contribution >= 4 is 5.91 Å². The summed E-state index contributed by atoms with van der Waals surface area (Å²) in [6.45, 7) is 1.38. The highest BCUT2D eigenvalue weighted by atomic mass is 16.5. The Morgan fingerprint density at radius 1 is 1.21 bits per heavy atom. The molecule has 1 aromatic carbocycles. The summed E-state index contributed by atoms with van der Waals surface area (Å²) in [6, 6.07) is 10.2. The molecule has 5 heteroatoms. The van der Waals surface area contributed by atoms with Crippen LogP contribution in [0.2, 0.25) is 0 Å². The Labute approximate surface area is 142 Å². The fourth-order valence-corrected chi connectivity index (χ4v) is 3.86. The number of fused-ring (bicyclic) bond motifs is 1. The molecule has 0 radical (unpaired) electrons. The predicted molar refractivity (Wildman–Crippen MR) is 91.0 cm³/mol. The minimum Gasteiger partial charge on any atom is -0.374 e. The van der Waals surface area contributed by atoms with E-state index < -0.39 is 0 Å². The van der Waals surface area contributed by atoms with E-state index in [0.717, 1.165) is 24.1 Å². The van der Waals surface area contributed by atoms with Crippen LogP contribution < -0.4 is 0 Å². The van der Waals surface area contributed by atoms with E-state index in [0.29, 0.717) is 19.6 Å². The van der Waals surface area contributed by atoms with Crippen LogP contribution in [-0.4, -0.2) is 45.9 Å². The normalized spacial score (nSPS) is 23.8. The number of aromatic nitrogens is 2. The summed E-state index contributed by atoms with van der Waals surface area (Å²) in [4.78, 5) is 14.9. The maximum atomic E-state index is 12.8. The van der Waals surface area contributed by atoms with Gasteiger partial charge in [0.2, 0.25) is 5.91 Å². The molecule has 4 rings (SSSR count). The van der Waals surface area contributed by atoms with Gasteiger partial charge in [-0.1, -0.05) is 31.0 Å².